The molecule has 124 valence electrons. The van der Waals surface area contributed by atoms with Gasteiger partial charge in [-0.2, -0.15) is 0 Å². The summed E-state index contributed by atoms with van der Waals surface area (Å²) < 4.78 is 0. The predicted octanol–water partition coefficient (Wildman–Crippen LogP) is 1.96. The van der Waals surface area contributed by atoms with E-state index < -0.39 is 12.0 Å². The standard InChI is InChI=1S/C15H25N3O3S/c1-5-9(4)13(15(20)21)18-11(19)6-10-7-22-14(17-10)12(16)8(2)3/h7-9,12-13H,5-6,16H2,1-4H3,(H,18,19)(H,20,21). The molecule has 0 spiro atoms. The van der Waals surface area contributed by atoms with E-state index in [0.717, 1.165) is 5.01 Å². The Morgan fingerprint density at radius 1 is 1.41 bits per heavy atom. The lowest BCUT2D eigenvalue weighted by molar-refractivity contribution is -0.143. The molecule has 0 fully saturated rings. The fourth-order valence-corrected chi connectivity index (χ4v) is 2.91. The van der Waals surface area contributed by atoms with Crippen LogP contribution in [0.1, 0.15) is 50.9 Å². The third kappa shape index (κ3) is 5.06. The molecule has 0 saturated carbocycles. The molecule has 3 unspecified atom stereocenters. The lowest BCUT2D eigenvalue weighted by Crippen LogP contribution is -2.45. The summed E-state index contributed by atoms with van der Waals surface area (Å²) in [6, 6.07) is -1.01. The maximum atomic E-state index is 12.0. The van der Waals surface area contributed by atoms with Crippen molar-refractivity contribution in [2.24, 2.45) is 17.6 Å². The smallest absolute Gasteiger partial charge is 0.326 e. The van der Waals surface area contributed by atoms with E-state index in [4.69, 9.17) is 5.73 Å². The minimum atomic E-state index is -1.01. The van der Waals surface area contributed by atoms with Gasteiger partial charge < -0.3 is 16.2 Å². The van der Waals surface area contributed by atoms with Gasteiger partial charge in [-0.3, -0.25) is 4.79 Å². The highest BCUT2D eigenvalue weighted by Gasteiger charge is 2.25. The van der Waals surface area contributed by atoms with Crippen molar-refractivity contribution < 1.29 is 14.7 Å². The normalized spacial score (nSPS) is 15.4. The molecule has 0 bridgehead atoms. The molecule has 0 radical (unpaired) electrons. The van der Waals surface area contributed by atoms with Crippen LogP contribution in [0.3, 0.4) is 0 Å². The van der Waals surface area contributed by atoms with Crippen LogP contribution in [0.4, 0.5) is 0 Å². The number of hydrogen-bond donors (Lipinski definition) is 3. The largest absolute Gasteiger partial charge is 0.480 e. The molecule has 0 aromatic carbocycles. The van der Waals surface area contributed by atoms with E-state index in [1.54, 1.807) is 5.38 Å². The molecule has 1 amide bonds. The summed E-state index contributed by atoms with van der Waals surface area (Å²) >= 11 is 1.43. The van der Waals surface area contributed by atoms with Crippen LogP contribution in [0.5, 0.6) is 0 Å². The number of carboxylic acids is 1. The molecule has 1 rings (SSSR count). The molecule has 22 heavy (non-hydrogen) atoms. The first-order chi connectivity index (χ1) is 10.3. The highest BCUT2D eigenvalue weighted by Crippen LogP contribution is 2.22. The zero-order valence-electron chi connectivity index (χ0n) is 13.5. The fraction of sp³-hybridized carbons (Fsp3) is 0.667. The average molecular weight is 327 g/mol. The molecule has 1 aromatic rings. The number of thiazole rings is 1. The van der Waals surface area contributed by atoms with Crippen molar-refractivity contribution in [3.63, 3.8) is 0 Å². The Kier molecular flexibility index (Phi) is 6.96. The Labute approximate surface area is 135 Å². The van der Waals surface area contributed by atoms with E-state index >= 15 is 0 Å². The van der Waals surface area contributed by atoms with Crippen molar-refractivity contribution in [1.29, 1.82) is 0 Å². The average Bonchev–Trinajstić information content (AvgIpc) is 2.90. The van der Waals surface area contributed by atoms with Crippen LogP contribution in [-0.4, -0.2) is 28.0 Å². The van der Waals surface area contributed by atoms with Crippen molar-refractivity contribution in [2.45, 2.75) is 52.6 Å². The molecular formula is C15H25N3O3S. The molecule has 4 N–H and O–H groups in total. The predicted molar refractivity (Wildman–Crippen MR) is 86.6 cm³/mol. The third-order valence-electron chi connectivity index (χ3n) is 3.71. The quantitative estimate of drug-likeness (QED) is 0.677. The number of carboxylic acid groups (broad SMARTS) is 1. The van der Waals surface area contributed by atoms with Crippen molar-refractivity contribution >= 4 is 23.2 Å². The number of amides is 1. The summed E-state index contributed by atoms with van der Waals surface area (Å²) in [5.41, 5.74) is 6.66. The minimum absolute atomic E-state index is 0.0710. The Balaban J connectivity index is 2.67. The highest BCUT2D eigenvalue weighted by molar-refractivity contribution is 7.09. The second-order valence-electron chi connectivity index (χ2n) is 5.89. The molecule has 3 atom stereocenters. The first-order valence-electron chi connectivity index (χ1n) is 7.48. The van der Waals surface area contributed by atoms with Crippen LogP contribution in [0.25, 0.3) is 0 Å². The molecule has 6 nitrogen and oxygen atoms in total. The lowest BCUT2D eigenvalue weighted by Gasteiger charge is -2.19. The number of nitrogens with one attached hydrogen (secondary N) is 1. The number of carbonyl (C=O) groups excluding carboxylic acids is 1. The number of nitrogens with zero attached hydrogens (tertiary/aromatic N) is 1. The van der Waals surface area contributed by atoms with Crippen LogP contribution in [0.2, 0.25) is 0 Å². The number of rotatable bonds is 8. The molecule has 0 aliphatic carbocycles. The Morgan fingerprint density at radius 2 is 2.05 bits per heavy atom. The monoisotopic (exact) mass is 327 g/mol. The summed E-state index contributed by atoms with van der Waals surface area (Å²) in [5, 5.41) is 14.4. The van der Waals surface area contributed by atoms with Crippen molar-refractivity contribution in [3.05, 3.63) is 16.1 Å². The van der Waals surface area contributed by atoms with E-state index in [1.807, 2.05) is 27.7 Å². The highest BCUT2D eigenvalue weighted by atomic mass is 32.1. The van der Waals surface area contributed by atoms with Crippen LogP contribution in [-0.2, 0) is 16.0 Å². The maximum absolute atomic E-state index is 12.0. The van der Waals surface area contributed by atoms with Crippen LogP contribution < -0.4 is 11.1 Å². The van der Waals surface area contributed by atoms with Gasteiger partial charge in [0, 0.05) is 5.38 Å². The van der Waals surface area contributed by atoms with E-state index in [-0.39, 0.29) is 30.2 Å². The fourth-order valence-electron chi connectivity index (χ4n) is 1.91. The van der Waals surface area contributed by atoms with E-state index in [2.05, 4.69) is 10.3 Å². The van der Waals surface area contributed by atoms with Gasteiger partial charge in [0.05, 0.1) is 18.2 Å². The second kappa shape index (κ2) is 8.24. The molecule has 7 heteroatoms. The maximum Gasteiger partial charge on any atom is 0.326 e. The van der Waals surface area contributed by atoms with E-state index in [0.29, 0.717) is 12.1 Å². The molecule has 0 aliphatic heterocycles. The minimum Gasteiger partial charge on any atom is -0.480 e. The second-order valence-corrected chi connectivity index (χ2v) is 6.78. The molecule has 0 aliphatic rings. The third-order valence-corrected chi connectivity index (χ3v) is 4.70. The summed E-state index contributed by atoms with van der Waals surface area (Å²) in [5.74, 6) is -1.19. The van der Waals surface area contributed by atoms with E-state index in [1.165, 1.54) is 11.3 Å². The van der Waals surface area contributed by atoms with Gasteiger partial charge in [-0.05, 0) is 11.8 Å². The summed E-state index contributed by atoms with van der Waals surface area (Å²) in [4.78, 5) is 27.6. The Bertz CT molecular complexity index is 516. The van der Waals surface area contributed by atoms with Crippen molar-refractivity contribution in [2.75, 3.05) is 0 Å². The van der Waals surface area contributed by atoms with Crippen molar-refractivity contribution in [3.8, 4) is 0 Å². The van der Waals surface area contributed by atoms with Gasteiger partial charge in [0.2, 0.25) is 5.91 Å². The zero-order valence-corrected chi connectivity index (χ0v) is 14.3. The molecular weight excluding hydrogens is 302 g/mol. The van der Waals surface area contributed by atoms with Crippen LogP contribution in [0, 0.1) is 11.8 Å². The topological polar surface area (TPSA) is 105 Å². The zero-order chi connectivity index (χ0) is 16.9. The first-order valence-corrected chi connectivity index (χ1v) is 8.36. The summed E-state index contributed by atoms with van der Waals surface area (Å²) in [6.07, 6.45) is 0.753. The van der Waals surface area contributed by atoms with Gasteiger partial charge in [0.15, 0.2) is 0 Å². The molecule has 1 heterocycles. The van der Waals surface area contributed by atoms with Gasteiger partial charge in [-0.1, -0.05) is 34.1 Å². The van der Waals surface area contributed by atoms with Crippen LogP contribution >= 0.6 is 11.3 Å². The van der Waals surface area contributed by atoms with E-state index in [9.17, 15) is 14.7 Å². The Hall–Kier alpha value is -1.47. The lowest BCUT2D eigenvalue weighted by atomic mass is 9.99. The van der Waals surface area contributed by atoms with Gasteiger partial charge in [-0.25, -0.2) is 9.78 Å². The summed E-state index contributed by atoms with van der Waals surface area (Å²) in [6.45, 7) is 7.73. The first kappa shape index (κ1) is 18.6. The van der Waals surface area contributed by atoms with Gasteiger partial charge in [-0.15, -0.1) is 11.3 Å². The number of carbonyl (C=O) groups is 2. The molecule has 1 aromatic heterocycles. The SMILES string of the molecule is CCC(C)C(NC(=O)Cc1csc(C(N)C(C)C)n1)C(=O)O. The number of nitrogens with two attached hydrogens (primary N) is 1. The summed E-state index contributed by atoms with van der Waals surface area (Å²) in [7, 11) is 0. The molecule has 0 saturated heterocycles. The Morgan fingerprint density at radius 3 is 2.55 bits per heavy atom. The van der Waals surface area contributed by atoms with Gasteiger partial charge in [0.1, 0.15) is 11.0 Å². The van der Waals surface area contributed by atoms with Gasteiger partial charge in [0.25, 0.3) is 0 Å². The van der Waals surface area contributed by atoms with Crippen molar-refractivity contribution in [1.82, 2.24) is 10.3 Å². The number of hydrogen-bond acceptors (Lipinski definition) is 5. The van der Waals surface area contributed by atoms with Crippen LogP contribution in [0.15, 0.2) is 5.38 Å². The number of aliphatic carboxylic acids is 1. The number of aromatic nitrogens is 1. The van der Waals surface area contributed by atoms with Gasteiger partial charge >= 0.3 is 5.97 Å².